The number of hydrogen-bond donors (Lipinski definition) is 2. The Hall–Kier alpha value is -2.14. The van der Waals surface area contributed by atoms with Gasteiger partial charge in [0.25, 0.3) is 0 Å². The molecule has 0 spiro atoms. The normalized spacial score (nSPS) is 10.1. The predicted octanol–water partition coefficient (Wildman–Crippen LogP) is 3.38. The molecule has 0 atom stereocenters. The van der Waals surface area contributed by atoms with Crippen LogP contribution in [0.3, 0.4) is 0 Å². The summed E-state index contributed by atoms with van der Waals surface area (Å²) in [6.07, 6.45) is 0. The first-order chi connectivity index (χ1) is 8.60. The maximum atomic E-state index is 10.7. The fourth-order valence-electron chi connectivity index (χ4n) is 1.40. The Morgan fingerprint density at radius 1 is 1.39 bits per heavy atom. The SMILES string of the molecule is COc1cc(Nc2ccc(C(=O)O)o2)ccc1Cl. The van der Waals surface area contributed by atoms with E-state index in [9.17, 15) is 4.79 Å². The van der Waals surface area contributed by atoms with Gasteiger partial charge in [0.1, 0.15) is 5.75 Å². The van der Waals surface area contributed by atoms with Crippen molar-refractivity contribution in [2.75, 3.05) is 12.4 Å². The molecule has 0 aliphatic rings. The molecular formula is C12H10ClNO4. The van der Waals surface area contributed by atoms with Gasteiger partial charge >= 0.3 is 5.97 Å². The molecule has 2 N–H and O–H groups in total. The first kappa shape index (κ1) is 12.3. The zero-order valence-corrected chi connectivity index (χ0v) is 10.2. The van der Waals surface area contributed by atoms with Gasteiger partial charge in [-0.3, -0.25) is 0 Å². The van der Waals surface area contributed by atoms with Crippen molar-refractivity contribution in [2.24, 2.45) is 0 Å². The minimum absolute atomic E-state index is 0.126. The van der Waals surface area contributed by atoms with Gasteiger partial charge in [0.2, 0.25) is 5.76 Å². The van der Waals surface area contributed by atoms with Gasteiger partial charge < -0.3 is 19.6 Å². The number of ether oxygens (including phenoxy) is 1. The predicted molar refractivity (Wildman–Crippen MR) is 67.0 cm³/mol. The van der Waals surface area contributed by atoms with Gasteiger partial charge in [0.05, 0.1) is 12.1 Å². The lowest BCUT2D eigenvalue weighted by Crippen LogP contribution is -1.93. The summed E-state index contributed by atoms with van der Waals surface area (Å²) in [5.41, 5.74) is 0.683. The second kappa shape index (κ2) is 5.01. The third-order valence-electron chi connectivity index (χ3n) is 2.24. The van der Waals surface area contributed by atoms with E-state index in [1.165, 1.54) is 19.2 Å². The number of halogens is 1. The van der Waals surface area contributed by atoms with Crippen LogP contribution in [0.25, 0.3) is 0 Å². The molecular weight excluding hydrogens is 258 g/mol. The van der Waals surface area contributed by atoms with Crippen molar-refractivity contribution in [1.29, 1.82) is 0 Å². The number of carboxylic acids is 1. The first-order valence-corrected chi connectivity index (χ1v) is 5.41. The second-order valence-electron chi connectivity index (χ2n) is 3.44. The molecule has 0 saturated carbocycles. The molecule has 0 amide bonds. The Labute approximate surface area is 108 Å². The Kier molecular flexibility index (Phi) is 3.43. The molecule has 0 fully saturated rings. The number of benzene rings is 1. The quantitative estimate of drug-likeness (QED) is 0.888. The molecule has 1 aromatic carbocycles. The van der Waals surface area contributed by atoms with Crippen LogP contribution in [-0.2, 0) is 0 Å². The smallest absolute Gasteiger partial charge is 0.371 e. The highest BCUT2D eigenvalue weighted by molar-refractivity contribution is 6.32. The van der Waals surface area contributed by atoms with Crippen LogP contribution in [0.4, 0.5) is 11.6 Å². The highest BCUT2D eigenvalue weighted by Crippen LogP contribution is 2.29. The van der Waals surface area contributed by atoms with Crippen molar-refractivity contribution >= 4 is 29.1 Å². The lowest BCUT2D eigenvalue weighted by Gasteiger charge is -2.07. The fraction of sp³-hybridized carbons (Fsp3) is 0.0833. The number of furan rings is 1. The molecule has 0 aliphatic carbocycles. The van der Waals surface area contributed by atoms with E-state index in [1.54, 1.807) is 18.2 Å². The largest absolute Gasteiger partial charge is 0.495 e. The molecule has 0 radical (unpaired) electrons. The van der Waals surface area contributed by atoms with Crippen molar-refractivity contribution in [1.82, 2.24) is 0 Å². The molecule has 0 bridgehead atoms. The minimum atomic E-state index is -1.11. The summed E-state index contributed by atoms with van der Waals surface area (Å²) in [7, 11) is 1.51. The Bertz CT molecular complexity index is 579. The summed E-state index contributed by atoms with van der Waals surface area (Å²) in [5.74, 6) is -0.390. The highest BCUT2D eigenvalue weighted by atomic mass is 35.5. The zero-order chi connectivity index (χ0) is 13.1. The molecule has 6 heteroatoms. The van der Waals surface area contributed by atoms with Gasteiger partial charge in [0, 0.05) is 17.8 Å². The van der Waals surface area contributed by atoms with E-state index in [1.807, 2.05) is 0 Å². The third kappa shape index (κ3) is 2.57. The maximum absolute atomic E-state index is 10.7. The number of methoxy groups -OCH3 is 1. The van der Waals surface area contributed by atoms with Crippen molar-refractivity contribution in [2.45, 2.75) is 0 Å². The molecule has 1 aromatic heterocycles. The standard InChI is InChI=1S/C12H10ClNO4/c1-17-10-6-7(2-3-8(10)13)14-11-5-4-9(18-11)12(15)16/h2-6,14H,1H3,(H,15,16). The lowest BCUT2D eigenvalue weighted by atomic mass is 10.3. The second-order valence-corrected chi connectivity index (χ2v) is 3.85. The fourth-order valence-corrected chi connectivity index (χ4v) is 1.59. The van der Waals surface area contributed by atoms with Gasteiger partial charge in [0.15, 0.2) is 5.88 Å². The molecule has 0 unspecified atom stereocenters. The summed E-state index contributed by atoms with van der Waals surface area (Å²) in [6.45, 7) is 0. The average molecular weight is 268 g/mol. The van der Waals surface area contributed by atoms with Crippen molar-refractivity contribution in [3.63, 3.8) is 0 Å². The summed E-state index contributed by atoms with van der Waals surface area (Å²) in [5, 5.41) is 12.1. The van der Waals surface area contributed by atoms with Crippen LogP contribution in [0, 0.1) is 0 Å². The van der Waals surface area contributed by atoms with E-state index in [0.29, 0.717) is 22.3 Å². The molecule has 18 heavy (non-hydrogen) atoms. The van der Waals surface area contributed by atoms with E-state index in [4.69, 9.17) is 25.9 Å². The van der Waals surface area contributed by atoms with Gasteiger partial charge in [-0.25, -0.2) is 4.79 Å². The van der Waals surface area contributed by atoms with E-state index >= 15 is 0 Å². The average Bonchev–Trinajstić information content (AvgIpc) is 2.80. The first-order valence-electron chi connectivity index (χ1n) is 5.04. The topological polar surface area (TPSA) is 71.7 Å². The number of nitrogens with one attached hydrogen (secondary N) is 1. The summed E-state index contributed by atoms with van der Waals surface area (Å²) in [4.78, 5) is 10.7. The zero-order valence-electron chi connectivity index (χ0n) is 9.44. The van der Waals surface area contributed by atoms with Gasteiger partial charge in [-0.15, -0.1) is 0 Å². The molecule has 0 saturated heterocycles. The Balaban J connectivity index is 2.20. The molecule has 94 valence electrons. The summed E-state index contributed by atoms with van der Waals surface area (Å²) >= 11 is 5.89. The van der Waals surface area contributed by atoms with Crippen molar-refractivity contribution in [3.05, 3.63) is 41.1 Å². The minimum Gasteiger partial charge on any atom is -0.495 e. The Morgan fingerprint density at radius 2 is 2.17 bits per heavy atom. The van der Waals surface area contributed by atoms with Crippen molar-refractivity contribution < 1.29 is 19.1 Å². The van der Waals surface area contributed by atoms with Crippen LogP contribution in [0.15, 0.2) is 34.7 Å². The van der Waals surface area contributed by atoms with Crippen LogP contribution < -0.4 is 10.1 Å². The number of carboxylic acid groups (broad SMARTS) is 1. The molecule has 0 aliphatic heterocycles. The molecule has 1 heterocycles. The molecule has 2 rings (SSSR count). The lowest BCUT2D eigenvalue weighted by molar-refractivity contribution is 0.0663. The third-order valence-corrected chi connectivity index (χ3v) is 2.55. The maximum Gasteiger partial charge on any atom is 0.371 e. The van der Waals surface area contributed by atoms with Crippen LogP contribution in [0.2, 0.25) is 5.02 Å². The number of rotatable bonds is 4. The van der Waals surface area contributed by atoms with Gasteiger partial charge in [-0.05, 0) is 18.2 Å². The van der Waals surface area contributed by atoms with E-state index in [-0.39, 0.29) is 5.76 Å². The van der Waals surface area contributed by atoms with E-state index < -0.39 is 5.97 Å². The highest BCUT2D eigenvalue weighted by Gasteiger charge is 2.09. The van der Waals surface area contributed by atoms with Gasteiger partial charge in [-0.1, -0.05) is 11.6 Å². The monoisotopic (exact) mass is 267 g/mol. The Morgan fingerprint density at radius 3 is 2.78 bits per heavy atom. The summed E-state index contributed by atoms with van der Waals surface area (Å²) in [6, 6.07) is 7.99. The van der Waals surface area contributed by atoms with E-state index in [0.717, 1.165) is 0 Å². The van der Waals surface area contributed by atoms with Crippen LogP contribution >= 0.6 is 11.6 Å². The van der Waals surface area contributed by atoms with Crippen LogP contribution in [0.5, 0.6) is 5.75 Å². The number of aromatic carboxylic acids is 1. The molecule has 2 aromatic rings. The number of anilines is 2. The molecule has 5 nitrogen and oxygen atoms in total. The number of hydrogen-bond acceptors (Lipinski definition) is 4. The van der Waals surface area contributed by atoms with Crippen molar-refractivity contribution in [3.8, 4) is 5.75 Å². The van der Waals surface area contributed by atoms with Crippen LogP contribution in [-0.4, -0.2) is 18.2 Å². The van der Waals surface area contributed by atoms with Gasteiger partial charge in [-0.2, -0.15) is 0 Å². The number of carbonyl (C=O) groups is 1. The summed E-state index contributed by atoms with van der Waals surface area (Å²) < 4.78 is 10.1. The van der Waals surface area contributed by atoms with Crippen LogP contribution in [0.1, 0.15) is 10.6 Å². The van der Waals surface area contributed by atoms with E-state index in [2.05, 4.69) is 5.32 Å².